The maximum absolute atomic E-state index is 12.0. The van der Waals surface area contributed by atoms with Gasteiger partial charge in [-0.1, -0.05) is 24.3 Å². The fourth-order valence-corrected chi connectivity index (χ4v) is 3.71. The number of nitrogens with one attached hydrogen (secondary N) is 1. The standard InChI is InChI=1S/C14H17NO3S2/c16-9-13-2-1-3-14(8-13)11-20(17,18)15-6-4-12-5-7-19-10-12/h1-3,5,7-8,10,15-16H,4,6,9,11H2. The molecule has 2 N–H and O–H groups in total. The van der Waals surface area contributed by atoms with Crippen molar-refractivity contribution in [3.63, 3.8) is 0 Å². The van der Waals surface area contributed by atoms with E-state index in [1.54, 1.807) is 35.6 Å². The first kappa shape index (κ1) is 15.2. The monoisotopic (exact) mass is 311 g/mol. The van der Waals surface area contributed by atoms with Gasteiger partial charge in [0.25, 0.3) is 0 Å². The second kappa shape index (κ2) is 6.99. The highest BCUT2D eigenvalue weighted by Crippen LogP contribution is 2.09. The lowest BCUT2D eigenvalue weighted by Gasteiger charge is -2.07. The van der Waals surface area contributed by atoms with Gasteiger partial charge < -0.3 is 5.11 Å². The number of aliphatic hydroxyl groups excluding tert-OH is 1. The van der Waals surface area contributed by atoms with Gasteiger partial charge in [0.1, 0.15) is 0 Å². The lowest BCUT2D eigenvalue weighted by molar-refractivity contribution is 0.282. The van der Waals surface area contributed by atoms with Gasteiger partial charge in [-0.25, -0.2) is 13.1 Å². The third-order valence-corrected chi connectivity index (χ3v) is 4.94. The molecule has 0 fully saturated rings. The van der Waals surface area contributed by atoms with Gasteiger partial charge in [0.15, 0.2) is 0 Å². The molecule has 2 rings (SSSR count). The molecule has 0 spiro atoms. The Morgan fingerprint density at radius 3 is 2.65 bits per heavy atom. The molecule has 2 aromatic rings. The summed E-state index contributed by atoms with van der Waals surface area (Å²) in [6.07, 6.45) is 0.694. The van der Waals surface area contributed by atoms with Crippen molar-refractivity contribution in [2.45, 2.75) is 18.8 Å². The minimum atomic E-state index is -3.34. The van der Waals surface area contributed by atoms with Crippen LogP contribution in [-0.4, -0.2) is 20.1 Å². The Labute approximate surface area is 123 Å². The van der Waals surface area contributed by atoms with E-state index >= 15 is 0 Å². The zero-order chi connectivity index (χ0) is 14.4. The summed E-state index contributed by atoms with van der Waals surface area (Å²) in [5.41, 5.74) is 2.54. The molecule has 0 saturated carbocycles. The number of sulfonamides is 1. The van der Waals surface area contributed by atoms with Crippen molar-refractivity contribution >= 4 is 21.4 Å². The number of aliphatic hydroxyl groups is 1. The summed E-state index contributed by atoms with van der Waals surface area (Å²) in [5.74, 6) is -0.0650. The van der Waals surface area contributed by atoms with E-state index in [1.807, 2.05) is 16.8 Å². The summed E-state index contributed by atoms with van der Waals surface area (Å²) in [5, 5.41) is 13.0. The van der Waals surface area contributed by atoms with Crippen LogP contribution in [0, 0.1) is 0 Å². The van der Waals surface area contributed by atoms with E-state index in [2.05, 4.69) is 4.72 Å². The van der Waals surface area contributed by atoms with E-state index in [0.29, 0.717) is 18.5 Å². The maximum atomic E-state index is 12.0. The van der Waals surface area contributed by atoms with Gasteiger partial charge in [0.05, 0.1) is 12.4 Å². The van der Waals surface area contributed by atoms with Crippen LogP contribution in [0.15, 0.2) is 41.1 Å². The molecule has 0 aliphatic heterocycles. The van der Waals surface area contributed by atoms with E-state index in [-0.39, 0.29) is 12.4 Å². The summed E-state index contributed by atoms with van der Waals surface area (Å²) in [4.78, 5) is 0. The quantitative estimate of drug-likeness (QED) is 0.821. The van der Waals surface area contributed by atoms with Gasteiger partial charge in [0, 0.05) is 6.54 Å². The van der Waals surface area contributed by atoms with Crippen LogP contribution in [0.2, 0.25) is 0 Å². The molecule has 0 saturated heterocycles. The van der Waals surface area contributed by atoms with Crippen molar-refractivity contribution in [2.75, 3.05) is 6.54 Å². The Balaban J connectivity index is 1.89. The van der Waals surface area contributed by atoms with Gasteiger partial charge >= 0.3 is 0 Å². The second-order valence-electron chi connectivity index (χ2n) is 4.51. The molecule has 1 heterocycles. The molecule has 0 amide bonds. The lowest BCUT2D eigenvalue weighted by atomic mass is 10.1. The predicted octanol–water partition coefficient (Wildman–Crippen LogP) is 1.90. The highest BCUT2D eigenvalue weighted by Gasteiger charge is 2.11. The first-order valence-corrected chi connectivity index (χ1v) is 8.86. The largest absolute Gasteiger partial charge is 0.392 e. The molecule has 4 nitrogen and oxygen atoms in total. The fourth-order valence-electron chi connectivity index (χ4n) is 1.87. The van der Waals surface area contributed by atoms with E-state index < -0.39 is 10.0 Å². The first-order chi connectivity index (χ1) is 9.59. The Morgan fingerprint density at radius 2 is 1.95 bits per heavy atom. The molecular weight excluding hydrogens is 294 g/mol. The van der Waals surface area contributed by atoms with Gasteiger partial charge in [-0.15, -0.1) is 0 Å². The molecule has 108 valence electrons. The summed E-state index contributed by atoms with van der Waals surface area (Å²) >= 11 is 1.60. The smallest absolute Gasteiger partial charge is 0.215 e. The average molecular weight is 311 g/mol. The number of benzene rings is 1. The van der Waals surface area contributed by atoms with Gasteiger partial charge in [-0.05, 0) is 39.9 Å². The van der Waals surface area contributed by atoms with Gasteiger partial charge in [-0.2, -0.15) is 11.3 Å². The van der Waals surface area contributed by atoms with Gasteiger partial charge in [-0.3, -0.25) is 0 Å². The Hall–Kier alpha value is -1.21. The average Bonchev–Trinajstić information content (AvgIpc) is 2.91. The predicted molar refractivity (Wildman–Crippen MR) is 81.0 cm³/mol. The topological polar surface area (TPSA) is 66.4 Å². The third kappa shape index (κ3) is 4.72. The van der Waals surface area contributed by atoms with E-state index in [4.69, 9.17) is 5.11 Å². The molecule has 1 aromatic heterocycles. The Kier molecular flexibility index (Phi) is 5.31. The number of hydrogen-bond acceptors (Lipinski definition) is 4. The van der Waals surface area contributed by atoms with E-state index in [1.165, 1.54) is 0 Å². The second-order valence-corrected chi connectivity index (χ2v) is 7.10. The van der Waals surface area contributed by atoms with Crippen LogP contribution in [0.3, 0.4) is 0 Å². The molecule has 0 bridgehead atoms. The van der Waals surface area contributed by atoms with E-state index in [0.717, 1.165) is 11.1 Å². The zero-order valence-electron chi connectivity index (χ0n) is 11.0. The summed E-state index contributed by atoms with van der Waals surface area (Å²) in [6.45, 7) is 0.318. The molecule has 0 unspecified atom stereocenters. The van der Waals surface area contributed by atoms with Crippen LogP contribution >= 0.6 is 11.3 Å². The Morgan fingerprint density at radius 1 is 1.15 bits per heavy atom. The number of thiophene rings is 1. The van der Waals surface area contributed by atoms with Crippen molar-refractivity contribution in [1.82, 2.24) is 4.72 Å². The van der Waals surface area contributed by atoms with Crippen LogP contribution in [-0.2, 0) is 28.8 Å². The molecule has 0 atom stereocenters. The lowest BCUT2D eigenvalue weighted by Crippen LogP contribution is -2.27. The highest BCUT2D eigenvalue weighted by atomic mass is 32.2. The van der Waals surface area contributed by atoms with Crippen LogP contribution < -0.4 is 4.72 Å². The molecule has 1 aromatic carbocycles. The number of hydrogen-bond donors (Lipinski definition) is 2. The van der Waals surface area contributed by atoms with E-state index in [9.17, 15) is 8.42 Å². The summed E-state index contributed by atoms with van der Waals surface area (Å²) in [6, 6.07) is 8.96. The maximum Gasteiger partial charge on any atom is 0.215 e. The summed E-state index contributed by atoms with van der Waals surface area (Å²) in [7, 11) is -3.34. The van der Waals surface area contributed by atoms with Crippen molar-refractivity contribution in [3.05, 3.63) is 57.8 Å². The van der Waals surface area contributed by atoms with Crippen LogP contribution in [0.4, 0.5) is 0 Å². The van der Waals surface area contributed by atoms with Crippen LogP contribution in [0.1, 0.15) is 16.7 Å². The van der Waals surface area contributed by atoms with Crippen molar-refractivity contribution in [3.8, 4) is 0 Å². The minimum absolute atomic E-state index is 0.0650. The summed E-state index contributed by atoms with van der Waals surface area (Å²) < 4.78 is 26.5. The molecule has 6 heteroatoms. The first-order valence-electron chi connectivity index (χ1n) is 6.26. The van der Waals surface area contributed by atoms with Crippen molar-refractivity contribution < 1.29 is 13.5 Å². The SMILES string of the molecule is O=S(=O)(Cc1cccc(CO)c1)NCCc1ccsc1. The highest BCUT2D eigenvalue weighted by molar-refractivity contribution is 7.88. The normalized spacial score (nSPS) is 11.7. The Bertz CT molecular complexity index is 636. The number of rotatable bonds is 7. The minimum Gasteiger partial charge on any atom is -0.392 e. The van der Waals surface area contributed by atoms with Crippen molar-refractivity contribution in [1.29, 1.82) is 0 Å². The molecule has 0 aliphatic carbocycles. The molecule has 20 heavy (non-hydrogen) atoms. The van der Waals surface area contributed by atoms with Crippen molar-refractivity contribution in [2.24, 2.45) is 0 Å². The van der Waals surface area contributed by atoms with Crippen LogP contribution in [0.5, 0.6) is 0 Å². The van der Waals surface area contributed by atoms with Gasteiger partial charge in [0.2, 0.25) is 10.0 Å². The van der Waals surface area contributed by atoms with Crippen LogP contribution in [0.25, 0.3) is 0 Å². The zero-order valence-corrected chi connectivity index (χ0v) is 12.6. The molecular formula is C14H17NO3S2. The molecule has 0 radical (unpaired) electrons. The third-order valence-electron chi connectivity index (χ3n) is 2.85. The molecule has 0 aliphatic rings. The fraction of sp³-hybridized carbons (Fsp3) is 0.286.